The van der Waals surface area contributed by atoms with Crippen LogP contribution in [-0.2, 0) is 16.0 Å². The zero-order chi connectivity index (χ0) is 17.8. The van der Waals surface area contributed by atoms with Gasteiger partial charge in [0, 0.05) is 30.2 Å². The van der Waals surface area contributed by atoms with Crippen molar-refractivity contribution < 1.29 is 9.59 Å². The fourth-order valence-electron chi connectivity index (χ4n) is 2.93. The Morgan fingerprint density at radius 1 is 1.44 bits per heavy atom. The molecule has 134 valence electrons. The summed E-state index contributed by atoms with van der Waals surface area (Å²) in [4.78, 5) is 38.2. The molecule has 2 aromatic rings. The summed E-state index contributed by atoms with van der Waals surface area (Å²) in [5.41, 5.74) is 0.692. The first-order valence-corrected chi connectivity index (χ1v) is 9.46. The second-order valence-corrected chi connectivity index (χ2v) is 7.40. The van der Waals surface area contributed by atoms with Crippen LogP contribution >= 0.6 is 11.3 Å². The van der Waals surface area contributed by atoms with Crippen LogP contribution in [0.5, 0.6) is 0 Å². The highest BCUT2D eigenvalue weighted by Gasteiger charge is 2.29. The number of nitrogens with zero attached hydrogens (tertiary/aromatic N) is 3. The maximum Gasteiger partial charge on any atom is 0.229 e. The van der Waals surface area contributed by atoms with Crippen LogP contribution in [0.4, 0.5) is 5.13 Å². The van der Waals surface area contributed by atoms with Crippen molar-refractivity contribution in [2.75, 3.05) is 11.9 Å². The van der Waals surface area contributed by atoms with E-state index in [0.29, 0.717) is 10.8 Å². The van der Waals surface area contributed by atoms with E-state index in [1.54, 1.807) is 12.4 Å². The number of thiazole rings is 1. The van der Waals surface area contributed by atoms with Crippen molar-refractivity contribution in [1.82, 2.24) is 19.9 Å². The van der Waals surface area contributed by atoms with E-state index in [-0.39, 0.29) is 30.2 Å². The number of rotatable bonds is 5. The summed E-state index contributed by atoms with van der Waals surface area (Å²) in [5, 5.41) is 5.15. The van der Waals surface area contributed by atoms with Crippen LogP contribution < -0.4 is 5.32 Å². The molecular formula is C17H23N5O2S. The third-order valence-corrected chi connectivity index (χ3v) is 5.10. The summed E-state index contributed by atoms with van der Waals surface area (Å²) >= 11 is 1.35. The van der Waals surface area contributed by atoms with Crippen LogP contribution in [0.2, 0.25) is 0 Å². The van der Waals surface area contributed by atoms with E-state index in [1.165, 1.54) is 11.3 Å². The van der Waals surface area contributed by atoms with Gasteiger partial charge < -0.3 is 15.2 Å². The average Bonchev–Trinajstić information content (AvgIpc) is 3.27. The van der Waals surface area contributed by atoms with Crippen molar-refractivity contribution in [2.24, 2.45) is 5.92 Å². The lowest BCUT2D eigenvalue weighted by Gasteiger charge is -2.34. The molecule has 0 aliphatic carbocycles. The Hall–Kier alpha value is -2.22. The van der Waals surface area contributed by atoms with Gasteiger partial charge in [-0.3, -0.25) is 9.59 Å². The van der Waals surface area contributed by atoms with Crippen molar-refractivity contribution in [3.8, 4) is 0 Å². The van der Waals surface area contributed by atoms with Gasteiger partial charge >= 0.3 is 0 Å². The van der Waals surface area contributed by atoms with Gasteiger partial charge in [-0.1, -0.05) is 13.8 Å². The minimum atomic E-state index is -0.101. The monoisotopic (exact) mass is 361 g/mol. The molecule has 1 atom stereocenters. The van der Waals surface area contributed by atoms with E-state index in [2.05, 4.69) is 20.3 Å². The zero-order valence-electron chi connectivity index (χ0n) is 14.5. The molecular weight excluding hydrogens is 338 g/mol. The number of hydrogen-bond acceptors (Lipinski definition) is 5. The molecule has 1 saturated heterocycles. The van der Waals surface area contributed by atoms with Gasteiger partial charge in [-0.2, -0.15) is 0 Å². The minimum absolute atomic E-state index is 0.00926. The predicted molar refractivity (Wildman–Crippen MR) is 96.2 cm³/mol. The van der Waals surface area contributed by atoms with Gasteiger partial charge in [-0.15, -0.1) is 11.3 Å². The number of carbonyl (C=O) groups is 2. The van der Waals surface area contributed by atoms with E-state index in [0.717, 1.165) is 31.6 Å². The number of imidazole rings is 1. The number of piperidine rings is 1. The van der Waals surface area contributed by atoms with Gasteiger partial charge in [-0.25, -0.2) is 9.97 Å². The van der Waals surface area contributed by atoms with E-state index in [9.17, 15) is 9.59 Å². The second-order valence-electron chi connectivity index (χ2n) is 6.54. The number of aromatic amines is 1. The third kappa shape index (κ3) is 4.25. The Balaban J connectivity index is 1.65. The molecule has 1 aliphatic rings. The number of likely N-dealkylation sites (tertiary alicyclic amines) is 1. The largest absolute Gasteiger partial charge is 0.347 e. The molecule has 0 spiro atoms. The molecule has 1 unspecified atom stereocenters. The predicted octanol–water partition coefficient (Wildman–Crippen LogP) is 2.76. The minimum Gasteiger partial charge on any atom is -0.347 e. The molecule has 2 aromatic heterocycles. The number of aromatic nitrogens is 3. The quantitative estimate of drug-likeness (QED) is 0.857. The molecule has 1 fully saturated rings. The van der Waals surface area contributed by atoms with E-state index < -0.39 is 0 Å². The summed E-state index contributed by atoms with van der Waals surface area (Å²) < 4.78 is 0. The van der Waals surface area contributed by atoms with Crippen LogP contribution in [0.15, 0.2) is 17.8 Å². The maximum atomic E-state index is 12.8. The highest BCUT2D eigenvalue weighted by Crippen LogP contribution is 2.29. The number of amides is 2. The summed E-state index contributed by atoms with van der Waals surface area (Å²) in [7, 11) is 0. The Morgan fingerprint density at radius 2 is 2.28 bits per heavy atom. The molecule has 2 amide bonds. The smallest absolute Gasteiger partial charge is 0.229 e. The Bertz CT molecular complexity index is 725. The molecule has 3 rings (SSSR count). The average molecular weight is 361 g/mol. The summed E-state index contributed by atoms with van der Waals surface area (Å²) in [6.07, 6.45) is 6.78. The highest BCUT2D eigenvalue weighted by molar-refractivity contribution is 7.13. The van der Waals surface area contributed by atoms with Crippen LogP contribution in [0, 0.1) is 5.92 Å². The Labute approximate surface area is 150 Å². The van der Waals surface area contributed by atoms with Crippen molar-refractivity contribution in [1.29, 1.82) is 0 Å². The van der Waals surface area contributed by atoms with Crippen molar-refractivity contribution >= 4 is 28.3 Å². The van der Waals surface area contributed by atoms with Crippen molar-refractivity contribution in [3.63, 3.8) is 0 Å². The lowest BCUT2D eigenvalue weighted by molar-refractivity contribution is -0.134. The van der Waals surface area contributed by atoms with Gasteiger partial charge in [0.1, 0.15) is 5.82 Å². The third-order valence-electron chi connectivity index (χ3n) is 4.30. The Morgan fingerprint density at radius 3 is 3.00 bits per heavy atom. The number of anilines is 1. The summed E-state index contributed by atoms with van der Waals surface area (Å²) in [6, 6.07) is 0.00926. The topological polar surface area (TPSA) is 91.0 Å². The molecule has 3 heterocycles. The molecule has 1 aliphatic heterocycles. The fourth-order valence-corrected chi connectivity index (χ4v) is 3.64. The molecule has 0 aromatic carbocycles. The summed E-state index contributed by atoms with van der Waals surface area (Å²) in [6.45, 7) is 4.41. The van der Waals surface area contributed by atoms with E-state index in [1.807, 2.05) is 24.1 Å². The molecule has 7 nitrogen and oxygen atoms in total. The van der Waals surface area contributed by atoms with Crippen molar-refractivity contribution in [2.45, 2.75) is 45.6 Å². The molecule has 0 saturated carbocycles. The first-order chi connectivity index (χ1) is 12.0. The number of hydrogen-bond donors (Lipinski definition) is 2. The van der Waals surface area contributed by atoms with Gasteiger partial charge in [0.25, 0.3) is 0 Å². The van der Waals surface area contributed by atoms with Crippen LogP contribution in [-0.4, -0.2) is 38.2 Å². The first kappa shape index (κ1) is 17.6. The van der Waals surface area contributed by atoms with Crippen LogP contribution in [0.1, 0.15) is 50.7 Å². The van der Waals surface area contributed by atoms with Crippen LogP contribution in [0.25, 0.3) is 0 Å². The lowest BCUT2D eigenvalue weighted by Crippen LogP contribution is -2.39. The number of carbonyl (C=O) groups excluding carboxylic acids is 2. The first-order valence-electron chi connectivity index (χ1n) is 8.58. The Kier molecular flexibility index (Phi) is 5.47. The molecule has 2 N–H and O–H groups in total. The van der Waals surface area contributed by atoms with Gasteiger partial charge in [0.05, 0.1) is 18.2 Å². The maximum absolute atomic E-state index is 12.8. The second kappa shape index (κ2) is 7.77. The summed E-state index contributed by atoms with van der Waals surface area (Å²) in [5.74, 6) is 0.724. The number of nitrogens with one attached hydrogen (secondary N) is 2. The molecule has 8 heteroatoms. The number of H-pyrrole nitrogens is 1. The van der Waals surface area contributed by atoms with E-state index in [4.69, 9.17) is 0 Å². The fraction of sp³-hybridized carbons (Fsp3) is 0.529. The zero-order valence-corrected chi connectivity index (χ0v) is 15.3. The van der Waals surface area contributed by atoms with Gasteiger partial charge in [0.15, 0.2) is 5.13 Å². The van der Waals surface area contributed by atoms with Crippen LogP contribution in [0.3, 0.4) is 0 Å². The standard InChI is InChI=1S/C17H23N5O2S/c1-11(2)16(24)21-17-20-12(10-25-17)9-14(23)22-8-4-3-5-13(22)15-18-6-7-19-15/h6-7,10-11,13H,3-5,8-9H2,1-2H3,(H,18,19)(H,20,21,24). The van der Waals surface area contributed by atoms with Gasteiger partial charge in [0.2, 0.25) is 11.8 Å². The normalized spacial score (nSPS) is 17.7. The van der Waals surface area contributed by atoms with Crippen molar-refractivity contribution in [3.05, 3.63) is 29.3 Å². The highest BCUT2D eigenvalue weighted by atomic mass is 32.1. The molecule has 0 bridgehead atoms. The SMILES string of the molecule is CC(C)C(=O)Nc1nc(CC(=O)N2CCCCC2c2ncc[nH]2)cs1. The molecule has 25 heavy (non-hydrogen) atoms. The van der Waals surface area contributed by atoms with E-state index >= 15 is 0 Å². The lowest BCUT2D eigenvalue weighted by atomic mass is 10.0. The van der Waals surface area contributed by atoms with Gasteiger partial charge in [-0.05, 0) is 19.3 Å². The molecule has 0 radical (unpaired) electrons.